The first-order valence-corrected chi connectivity index (χ1v) is 7.29. The maximum atomic E-state index is 12.9. The summed E-state index contributed by atoms with van der Waals surface area (Å²) < 4.78 is 18.7. The zero-order chi connectivity index (χ0) is 15.2. The molecule has 3 heteroatoms. The molecule has 0 amide bonds. The van der Waals surface area contributed by atoms with Gasteiger partial charge in [-0.05, 0) is 44.5 Å². The van der Waals surface area contributed by atoms with Crippen molar-refractivity contribution < 1.29 is 9.13 Å². The highest BCUT2D eigenvalue weighted by Gasteiger charge is 2.08. The Morgan fingerprint density at radius 2 is 1.67 bits per heavy atom. The molecule has 0 radical (unpaired) electrons. The van der Waals surface area contributed by atoms with Crippen molar-refractivity contribution in [1.82, 2.24) is 5.32 Å². The fraction of sp³-hybridized carbons (Fsp3) is 0.333. The molecule has 0 saturated heterocycles. The summed E-state index contributed by atoms with van der Waals surface area (Å²) in [6, 6.07) is 14.8. The number of hydrogen-bond donors (Lipinski definition) is 1. The smallest absolute Gasteiger partial charge is 0.124 e. The van der Waals surface area contributed by atoms with Crippen LogP contribution in [0.1, 0.15) is 37.9 Å². The van der Waals surface area contributed by atoms with Crippen LogP contribution in [0.25, 0.3) is 0 Å². The molecule has 21 heavy (non-hydrogen) atoms. The number of halogens is 1. The molecule has 1 unspecified atom stereocenters. The first-order chi connectivity index (χ1) is 10.1. The van der Waals surface area contributed by atoms with Crippen LogP contribution in [0, 0.1) is 5.82 Å². The molecule has 0 aliphatic rings. The number of nitrogens with one attached hydrogen (secondary N) is 1. The Morgan fingerprint density at radius 3 is 2.33 bits per heavy atom. The number of ether oxygens (including phenoxy) is 1. The van der Waals surface area contributed by atoms with Crippen LogP contribution < -0.4 is 10.1 Å². The van der Waals surface area contributed by atoms with Gasteiger partial charge in [0.2, 0.25) is 0 Å². The molecule has 2 nitrogen and oxygen atoms in total. The number of para-hydroxylation sites is 1. The average Bonchev–Trinajstić information content (AvgIpc) is 2.46. The van der Waals surface area contributed by atoms with E-state index in [0.29, 0.717) is 6.54 Å². The summed E-state index contributed by atoms with van der Waals surface area (Å²) in [6.45, 7) is 6.82. The zero-order valence-corrected chi connectivity index (χ0v) is 12.8. The van der Waals surface area contributed by atoms with Crippen molar-refractivity contribution in [2.24, 2.45) is 0 Å². The molecule has 0 bridgehead atoms. The molecular weight excluding hydrogens is 265 g/mol. The van der Waals surface area contributed by atoms with Crippen LogP contribution in [-0.4, -0.2) is 6.10 Å². The molecule has 0 fully saturated rings. The largest absolute Gasteiger partial charge is 0.491 e. The third-order valence-corrected chi connectivity index (χ3v) is 3.30. The molecule has 0 aliphatic heterocycles. The van der Waals surface area contributed by atoms with E-state index in [1.165, 1.54) is 12.1 Å². The van der Waals surface area contributed by atoms with Crippen LogP contribution in [0.5, 0.6) is 5.75 Å². The molecular formula is C18H22FNO. The van der Waals surface area contributed by atoms with Gasteiger partial charge in [-0.2, -0.15) is 0 Å². The Morgan fingerprint density at radius 1 is 1.00 bits per heavy atom. The summed E-state index contributed by atoms with van der Waals surface area (Å²) in [7, 11) is 0. The van der Waals surface area contributed by atoms with Crippen LogP contribution in [-0.2, 0) is 6.54 Å². The predicted molar refractivity (Wildman–Crippen MR) is 83.9 cm³/mol. The van der Waals surface area contributed by atoms with Crippen LogP contribution >= 0.6 is 0 Å². The van der Waals surface area contributed by atoms with E-state index in [-0.39, 0.29) is 18.0 Å². The van der Waals surface area contributed by atoms with Gasteiger partial charge < -0.3 is 10.1 Å². The van der Waals surface area contributed by atoms with Crippen LogP contribution in [0.2, 0.25) is 0 Å². The molecule has 0 aromatic heterocycles. The maximum absolute atomic E-state index is 12.9. The van der Waals surface area contributed by atoms with Crippen molar-refractivity contribution >= 4 is 0 Å². The molecule has 0 aliphatic carbocycles. The quantitative estimate of drug-likeness (QED) is 0.846. The molecule has 112 valence electrons. The molecule has 1 N–H and O–H groups in total. The maximum Gasteiger partial charge on any atom is 0.124 e. The number of benzene rings is 2. The van der Waals surface area contributed by atoms with Crippen LogP contribution in [0.4, 0.5) is 4.39 Å². The van der Waals surface area contributed by atoms with E-state index < -0.39 is 0 Å². The third kappa shape index (κ3) is 4.57. The van der Waals surface area contributed by atoms with Gasteiger partial charge in [-0.15, -0.1) is 0 Å². The summed E-state index contributed by atoms with van der Waals surface area (Å²) in [5, 5.41) is 3.45. The van der Waals surface area contributed by atoms with E-state index in [1.54, 1.807) is 0 Å². The first-order valence-electron chi connectivity index (χ1n) is 7.29. The minimum atomic E-state index is -0.207. The Labute approximate surface area is 126 Å². The second-order valence-corrected chi connectivity index (χ2v) is 5.43. The van der Waals surface area contributed by atoms with Crippen molar-refractivity contribution in [3.63, 3.8) is 0 Å². The molecule has 0 saturated carbocycles. The standard InChI is InChI=1S/C18H22FNO/c1-13(2)21-18-7-5-4-6-16(18)12-20-14(3)15-8-10-17(19)11-9-15/h4-11,13-14,20H,12H2,1-3H3. The number of hydrogen-bond acceptors (Lipinski definition) is 2. The summed E-state index contributed by atoms with van der Waals surface area (Å²) >= 11 is 0. The molecule has 0 heterocycles. The van der Waals surface area contributed by atoms with Gasteiger partial charge in [0.15, 0.2) is 0 Å². The molecule has 2 rings (SSSR count). The highest BCUT2D eigenvalue weighted by molar-refractivity contribution is 5.33. The van der Waals surface area contributed by atoms with E-state index in [1.807, 2.05) is 44.2 Å². The fourth-order valence-electron chi connectivity index (χ4n) is 2.15. The summed E-state index contributed by atoms with van der Waals surface area (Å²) in [6.07, 6.45) is 0.153. The van der Waals surface area contributed by atoms with E-state index in [4.69, 9.17) is 4.74 Å². The van der Waals surface area contributed by atoms with Gasteiger partial charge in [0, 0.05) is 18.2 Å². The SMILES string of the molecule is CC(C)Oc1ccccc1CNC(C)c1ccc(F)cc1. The van der Waals surface area contributed by atoms with Crippen molar-refractivity contribution in [3.8, 4) is 5.75 Å². The lowest BCUT2D eigenvalue weighted by molar-refractivity contribution is 0.239. The second kappa shape index (κ2) is 7.23. The highest BCUT2D eigenvalue weighted by atomic mass is 19.1. The lowest BCUT2D eigenvalue weighted by Gasteiger charge is -2.17. The van der Waals surface area contributed by atoms with E-state index in [9.17, 15) is 4.39 Å². The summed E-state index contributed by atoms with van der Waals surface area (Å²) in [4.78, 5) is 0. The fourth-order valence-corrected chi connectivity index (χ4v) is 2.15. The van der Waals surface area contributed by atoms with Gasteiger partial charge in [-0.1, -0.05) is 30.3 Å². The predicted octanol–water partition coefficient (Wildman–Crippen LogP) is 4.46. The van der Waals surface area contributed by atoms with E-state index >= 15 is 0 Å². The molecule has 0 spiro atoms. The third-order valence-electron chi connectivity index (χ3n) is 3.30. The van der Waals surface area contributed by atoms with Crippen molar-refractivity contribution in [1.29, 1.82) is 0 Å². The second-order valence-electron chi connectivity index (χ2n) is 5.43. The topological polar surface area (TPSA) is 21.3 Å². The summed E-state index contributed by atoms with van der Waals surface area (Å²) in [5.74, 6) is 0.702. The van der Waals surface area contributed by atoms with Crippen molar-refractivity contribution in [3.05, 3.63) is 65.5 Å². The van der Waals surface area contributed by atoms with Gasteiger partial charge in [0.1, 0.15) is 11.6 Å². The van der Waals surface area contributed by atoms with Crippen molar-refractivity contribution in [2.75, 3.05) is 0 Å². The van der Waals surface area contributed by atoms with E-state index in [0.717, 1.165) is 16.9 Å². The Balaban J connectivity index is 2.01. The van der Waals surface area contributed by atoms with Crippen molar-refractivity contribution in [2.45, 2.75) is 39.5 Å². The molecule has 1 atom stereocenters. The van der Waals surface area contributed by atoms with Gasteiger partial charge >= 0.3 is 0 Å². The minimum Gasteiger partial charge on any atom is -0.491 e. The lowest BCUT2D eigenvalue weighted by Crippen LogP contribution is -2.19. The Hall–Kier alpha value is -1.87. The highest BCUT2D eigenvalue weighted by Crippen LogP contribution is 2.21. The van der Waals surface area contributed by atoms with E-state index in [2.05, 4.69) is 18.3 Å². The summed E-state index contributed by atoms with van der Waals surface area (Å²) in [5.41, 5.74) is 2.19. The Kier molecular flexibility index (Phi) is 5.34. The number of rotatable bonds is 6. The van der Waals surface area contributed by atoms with Gasteiger partial charge in [-0.25, -0.2) is 4.39 Å². The lowest BCUT2D eigenvalue weighted by atomic mass is 10.1. The van der Waals surface area contributed by atoms with Crippen LogP contribution in [0.3, 0.4) is 0 Å². The first kappa shape index (κ1) is 15.5. The van der Waals surface area contributed by atoms with Crippen LogP contribution in [0.15, 0.2) is 48.5 Å². The molecule has 2 aromatic carbocycles. The Bertz CT molecular complexity index is 566. The van der Waals surface area contributed by atoms with Gasteiger partial charge in [-0.3, -0.25) is 0 Å². The normalized spacial score (nSPS) is 12.4. The zero-order valence-electron chi connectivity index (χ0n) is 12.8. The molecule has 2 aromatic rings. The average molecular weight is 287 g/mol. The van der Waals surface area contributed by atoms with Gasteiger partial charge in [0.25, 0.3) is 0 Å². The minimum absolute atomic E-state index is 0.151. The van der Waals surface area contributed by atoms with Gasteiger partial charge in [0.05, 0.1) is 6.10 Å². The monoisotopic (exact) mass is 287 g/mol.